The largest absolute Gasteiger partial charge is 0.482 e. The molecule has 0 radical (unpaired) electrons. The van der Waals surface area contributed by atoms with Crippen LogP contribution >= 0.6 is 22.7 Å². The minimum absolute atomic E-state index is 0.144. The van der Waals surface area contributed by atoms with Crippen molar-refractivity contribution >= 4 is 71.7 Å². The summed E-state index contributed by atoms with van der Waals surface area (Å²) in [5.41, 5.74) is 12.2. The monoisotopic (exact) mass is 750 g/mol. The molecule has 0 N–H and O–H groups in total. The highest BCUT2D eigenvalue weighted by Crippen LogP contribution is 2.43. The smallest absolute Gasteiger partial charge is 0.344 e. The Labute approximate surface area is 327 Å². The van der Waals surface area contributed by atoms with E-state index in [1.807, 2.05) is 36.4 Å². The van der Waals surface area contributed by atoms with E-state index in [0.29, 0.717) is 12.4 Å². The van der Waals surface area contributed by atoms with Crippen LogP contribution in [0.1, 0.15) is 29.7 Å². The zero-order valence-corrected chi connectivity index (χ0v) is 31.6. The zero-order chi connectivity index (χ0) is 37.1. The van der Waals surface area contributed by atoms with E-state index in [0.717, 1.165) is 86.1 Å². The van der Waals surface area contributed by atoms with Crippen LogP contribution in [-0.2, 0) is 9.53 Å². The molecule has 0 atom stereocenters. The van der Waals surface area contributed by atoms with Gasteiger partial charge in [0.05, 0.1) is 29.4 Å². The van der Waals surface area contributed by atoms with Gasteiger partial charge in [0.15, 0.2) is 6.61 Å². The van der Waals surface area contributed by atoms with Gasteiger partial charge in [-0.05, 0) is 89.9 Å². The average Bonchev–Trinajstić information content (AvgIpc) is 4.07. The first-order valence-electron chi connectivity index (χ1n) is 18.2. The number of hydrogen-bond acceptors (Lipinski definition) is 7. The summed E-state index contributed by atoms with van der Waals surface area (Å²) in [4.78, 5) is 22.8. The lowest BCUT2D eigenvalue weighted by molar-refractivity contribution is -0.145. The molecule has 7 aromatic rings. The summed E-state index contributed by atoms with van der Waals surface area (Å²) in [6, 6.07) is 48.2. The number of ether oxygens (including phenoxy) is 2. The summed E-state index contributed by atoms with van der Waals surface area (Å²) in [6.07, 6.45) is 8.56. The Bertz CT molecular complexity index is 2730. The number of nitrogens with zero attached hydrogens (tertiary/aromatic N) is 2. The van der Waals surface area contributed by atoms with Gasteiger partial charge in [-0.15, -0.1) is 22.7 Å². The molecule has 5 nitrogen and oxygen atoms in total. The summed E-state index contributed by atoms with van der Waals surface area (Å²) in [5, 5.41) is 0. The van der Waals surface area contributed by atoms with Crippen LogP contribution < -0.4 is 4.74 Å². The fourth-order valence-corrected chi connectivity index (χ4v) is 9.35. The molecule has 0 unspecified atom stereocenters. The van der Waals surface area contributed by atoms with Crippen molar-refractivity contribution in [2.75, 3.05) is 13.2 Å². The summed E-state index contributed by atoms with van der Waals surface area (Å²) in [5.74, 6) is 0.193. The maximum Gasteiger partial charge on any atom is 0.344 e. The van der Waals surface area contributed by atoms with Crippen molar-refractivity contribution in [1.29, 1.82) is 0 Å². The van der Waals surface area contributed by atoms with Gasteiger partial charge in [-0.25, -0.2) is 14.8 Å². The SMILES string of the molecule is CCOC(=O)COc1ccc(-c2c3nc(c(-c4ccccc4)c4ccc(s4)c(-c4ccccc4)c4nc(c(-c5ccccc5)c5ccc2s5)C=C4)C=C3)cc1. The van der Waals surface area contributed by atoms with Gasteiger partial charge in [-0.3, -0.25) is 0 Å². The third-order valence-corrected chi connectivity index (χ3v) is 11.7. The standard InChI is InChI=1S/C48H34N2O3S2/c1-2-52-44(51)30-53-35-20-18-34(19-21-35)48-39-25-24-38(50-39)47(33-16-10-5-11-17-33)41-27-26-40(54-41)45(31-12-6-3-7-13-31)36-22-23-37(49-36)46(32-14-8-4-9-15-32)42-28-29-43(48)55-42/h3-29H,2,30H2,1H3. The van der Waals surface area contributed by atoms with Crippen LogP contribution in [0.25, 0.3) is 87.6 Å². The second-order valence-corrected chi connectivity index (χ2v) is 15.1. The first-order valence-corrected chi connectivity index (χ1v) is 19.8. The minimum atomic E-state index is -0.396. The Morgan fingerprint density at radius 2 is 0.818 bits per heavy atom. The Balaban J connectivity index is 1.37. The van der Waals surface area contributed by atoms with Crippen LogP contribution in [0.3, 0.4) is 0 Å². The van der Waals surface area contributed by atoms with Crippen molar-refractivity contribution in [3.63, 3.8) is 0 Å². The zero-order valence-electron chi connectivity index (χ0n) is 29.9. The molecule has 55 heavy (non-hydrogen) atoms. The van der Waals surface area contributed by atoms with Gasteiger partial charge in [0.1, 0.15) is 5.75 Å². The Kier molecular flexibility index (Phi) is 9.46. The first kappa shape index (κ1) is 34.4. The van der Waals surface area contributed by atoms with E-state index in [1.54, 1.807) is 29.6 Å². The number of rotatable bonds is 8. The number of thiophene rings is 2. The van der Waals surface area contributed by atoms with E-state index in [4.69, 9.17) is 19.4 Å². The van der Waals surface area contributed by atoms with Crippen molar-refractivity contribution in [3.05, 3.63) is 162 Å². The van der Waals surface area contributed by atoms with Crippen LogP contribution in [0.4, 0.5) is 0 Å². The van der Waals surface area contributed by atoms with E-state index < -0.39 is 5.97 Å². The third-order valence-electron chi connectivity index (χ3n) is 9.49. The molecule has 0 amide bonds. The van der Waals surface area contributed by atoms with Gasteiger partial charge in [-0.2, -0.15) is 0 Å². The Morgan fingerprint density at radius 3 is 1.16 bits per heavy atom. The molecule has 2 aliphatic rings. The maximum absolute atomic E-state index is 12.0. The molecule has 5 heterocycles. The fraction of sp³-hybridized carbons (Fsp3) is 0.0625. The lowest BCUT2D eigenvalue weighted by atomic mass is 10.0. The molecule has 0 aliphatic carbocycles. The number of aromatic nitrogens is 2. The molecule has 0 spiro atoms. The number of carbonyl (C=O) groups excluding carboxylic acids is 1. The van der Waals surface area contributed by atoms with Crippen LogP contribution in [0.5, 0.6) is 5.75 Å². The summed E-state index contributed by atoms with van der Waals surface area (Å²) in [7, 11) is 0. The highest BCUT2D eigenvalue weighted by Gasteiger charge is 2.19. The normalized spacial score (nSPS) is 11.8. The number of fused-ring (bicyclic) bond motifs is 8. The van der Waals surface area contributed by atoms with Gasteiger partial charge < -0.3 is 9.47 Å². The molecule has 3 aromatic heterocycles. The summed E-state index contributed by atoms with van der Waals surface area (Å²) in [6.45, 7) is 1.95. The number of hydrogen-bond donors (Lipinski definition) is 0. The Hall–Kier alpha value is -6.41. The van der Waals surface area contributed by atoms with Crippen LogP contribution in [0.15, 0.2) is 140 Å². The van der Waals surface area contributed by atoms with E-state index in [2.05, 4.69) is 127 Å². The lowest BCUT2D eigenvalue weighted by Crippen LogP contribution is -2.14. The van der Waals surface area contributed by atoms with Crippen LogP contribution in [0.2, 0.25) is 0 Å². The number of esters is 1. The first-order chi connectivity index (χ1) is 27.1. The number of carbonyl (C=O) groups is 1. The predicted octanol–water partition coefficient (Wildman–Crippen LogP) is 12.7. The molecule has 8 bridgehead atoms. The molecule has 4 aromatic carbocycles. The molecule has 0 saturated carbocycles. The van der Waals surface area contributed by atoms with Crippen LogP contribution in [-0.4, -0.2) is 29.2 Å². The van der Waals surface area contributed by atoms with Crippen LogP contribution in [0, 0.1) is 0 Å². The second kappa shape index (κ2) is 15.1. The van der Waals surface area contributed by atoms with E-state index in [9.17, 15) is 4.79 Å². The van der Waals surface area contributed by atoms with Gasteiger partial charge in [0.25, 0.3) is 0 Å². The summed E-state index contributed by atoms with van der Waals surface area (Å²) >= 11 is 3.49. The molecule has 0 fully saturated rings. The van der Waals surface area contributed by atoms with E-state index in [-0.39, 0.29) is 6.61 Å². The van der Waals surface area contributed by atoms with Crippen molar-refractivity contribution in [2.45, 2.75) is 6.92 Å². The fourth-order valence-electron chi connectivity index (χ4n) is 7.04. The lowest BCUT2D eigenvalue weighted by Gasteiger charge is -2.08. The Morgan fingerprint density at radius 1 is 0.473 bits per heavy atom. The molecule has 0 saturated heterocycles. The third kappa shape index (κ3) is 6.92. The highest BCUT2D eigenvalue weighted by molar-refractivity contribution is 7.24. The molecular formula is C48H34N2O3S2. The molecular weight excluding hydrogens is 717 g/mol. The highest BCUT2D eigenvalue weighted by atomic mass is 32.1. The molecule has 9 rings (SSSR count). The average molecular weight is 751 g/mol. The topological polar surface area (TPSA) is 61.3 Å². The van der Waals surface area contributed by atoms with Gasteiger partial charge in [-0.1, -0.05) is 103 Å². The second-order valence-electron chi connectivity index (χ2n) is 13.0. The predicted molar refractivity (Wildman–Crippen MR) is 230 cm³/mol. The summed E-state index contributed by atoms with van der Waals surface area (Å²) < 4.78 is 15.2. The maximum atomic E-state index is 12.0. The van der Waals surface area contributed by atoms with Gasteiger partial charge in [0.2, 0.25) is 0 Å². The van der Waals surface area contributed by atoms with Crippen molar-refractivity contribution in [3.8, 4) is 50.3 Å². The minimum Gasteiger partial charge on any atom is -0.482 e. The molecule has 2 aliphatic heterocycles. The quantitative estimate of drug-likeness (QED) is 0.145. The van der Waals surface area contributed by atoms with Gasteiger partial charge in [0, 0.05) is 41.1 Å². The van der Waals surface area contributed by atoms with Crippen molar-refractivity contribution < 1.29 is 14.3 Å². The van der Waals surface area contributed by atoms with Crippen molar-refractivity contribution in [2.24, 2.45) is 0 Å². The van der Waals surface area contributed by atoms with E-state index in [1.165, 1.54) is 0 Å². The van der Waals surface area contributed by atoms with Gasteiger partial charge >= 0.3 is 5.97 Å². The molecule has 7 heteroatoms. The number of benzene rings is 4. The molecule has 266 valence electrons. The van der Waals surface area contributed by atoms with Crippen molar-refractivity contribution in [1.82, 2.24) is 9.97 Å². The van der Waals surface area contributed by atoms with E-state index >= 15 is 0 Å².